The Hall–Kier alpha value is -1.36. The molecule has 1 fully saturated rings. The van der Waals surface area contributed by atoms with Gasteiger partial charge in [-0.25, -0.2) is 8.42 Å². The van der Waals surface area contributed by atoms with Crippen molar-refractivity contribution in [2.45, 2.75) is 37.5 Å². The van der Waals surface area contributed by atoms with Gasteiger partial charge in [-0.2, -0.15) is 0 Å². The summed E-state index contributed by atoms with van der Waals surface area (Å²) in [4.78, 5) is 11.8. The maximum absolute atomic E-state index is 11.8. The van der Waals surface area contributed by atoms with Gasteiger partial charge in [0.05, 0.1) is 23.7 Å². The Kier molecular flexibility index (Phi) is 4.71. The quantitative estimate of drug-likeness (QED) is 0.758. The van der Waals surface area contributed by atoms with E-state index in [0.717, 1.165) is 18.4 Å². The zero-order valence-electron chi connectivity index (χ0n) is 12.7. The molecule has 3 unspecified atom stereocenters. The number of methoxy groups -OCH3 is 1. The third-order valence-electron chi connectivity index (χ3n) is 4.27. The zero-order valence-corrected chi connectivity index (χ0v) is 13.5. The van der Waals surface area contributed by atoms with Crippen LogP contribution in [-0.2, 0) is 19.4 Å². The minimum atomic E-state index is -3.14. The molecule has 1 aromatic carbocycles. The number of ether oxygens (including phenoxy) is 1. The summed E-state index contributed by atoms with van der Waals surface area (Å²) in [6.45, 7) is 3.75. The molecule has 0 saturated heterocycles. The Labute approximate surface area is 126 Å². The molecule has 116 valence electrons. The van der Waals surface area contributed by atoms with Crippen LogP contribution in [0.4, 0.5) is 0 Å². The highest BCUT2D eigenvalue weighted by Gasteiger charge is 2.44. The molecular weight excluding hydrogens is 288 g/mol. The molecule has 21 heavy (non-hydrogen) atoms. The Morgan fingerprint density at radius 2 is 1.95 bits per heavy atom. The minimum Gasteiger partial charge on any atom is -0.469 e. The van der Waals surface area contributed by atoms with Crippen molar-refractivity contribution in [2.75, 3.05) is 12.9 Å². The fourth-order valence-electron chi connectivity index (χ4n) is 2.71. The van der Waals surface area contributed by atoms with Gasteiger partial charge in [-0.15, -0.1) is 0 Å². The fourth-order valence-corrected chi connectivity index (χ4v) is 3.59. The van der Waals surface area contributed by atoms with Crippen molar-refractivity contribution in [3.8, 4) is 0 Å². The van der Waals surface area contributed by atoms with Crippen LogP contribution in [0.15, 0.2) is 29.2 Å². The van der Waals surface area contributed by atoms with Crippen LogP contribution in [0.25, 0.3) is 0 Å². The lowest BCUT2D eigenvalue weighted by molar-refractivity contribution is -0.142. The van der Waals surface area contributed by atoms with Gasteiger partial charge in [0, 0.05) is 0 Å². The molecule has 1 aromatic rings. The van der Waals surface area contributed by atoms with E-state index in [2.05, 4.69) is 6.92 Å². The zero-order chi connectivity index (χ0) is 15.6. The molecule has 0 amide bonds. The highest BCUT2D eigenvalue weighted by Crippen LogP contribution is 2.45. The number of sulfone groups is 1. The molecule has 0 spiro atoms. The highest BCUT2D eigenvalue weighted by molar-refractivity contribution is 7.91. The number of carbonyl (C=O) groups excluding carboxylic acids is 1. The molecule has 1 saturated carbocycles. The SMILES string of the molecule is CCS(=O)(=O)c1ccc(C(C)CC2CC2C(=O)OC)cc1. The summed E-state index contributed by atoms with van der Waals surface area (Å²) < 4.78 is 28.3. The van der Waals surface area contributed by atoms with Gasteiger partial charge in [-0.1, -0.05) is 26.0 Å². The van der Waals surface area contributed by atoms with E-state index in [4.69, 9.17) is 4.74 Å². The number of carbonyl (C=O) groups is 1. The molecular formula is C16H22O4S. The van der Waals surface area contributed by atoms with E-state index in [-0.39, 0.29) is 17.6 Å². The second-order valence-electron chi connectivity index (χ2n) is 5.73. The van der Waals surface area contributed by atoms with E-state index in [1.54, 1.807) is 19.1 Å². The number of benzene rings is 1. The van der Waals surface area contributed by atoms with Crippen LogP contribution >= 0.6 is 0 Å². The second-order valence-corrected chi connectivity index (χ2v) is 8.01. The Balaban J connectivity index is 1.98. The number of hydrogen-bond acceptors (Lipinski definition) is 4. The van der Waals surface area contributed by atoms with Gasteiger partial charge in [0.2, 0.25) is 0 Å². The van der Waals surface area contributed by atoms with Crippen molar-refractivity contribution in [1.29, 1.82) is 0 Å². The van der Waals surface area contributed by atoms with Crippen molar-refractivity contribution in [3.63, 3.8) is 0 Å². The first kappa shape index (κ1) is 16.0. The normalized spacial score (nSPS) is 22.6. The highest BCUT2D eigenvalue weighted by atomic mass is 32.2. The maximum Gasteiger partial charge on any atom is 0.308 e. The van der Waals surface area contributed by atoms with Crippen LogP contribution in [0.5, 0.6) is 0 Å². The molecule has 2 rings (SSSR count). The summed E-state index contributed by atoms with van der Waals surface area (Å²) in [5.74, 6) is 0.758. The minimum absolute atomic E-state index is 0.0530. The standard InChI is InChI=1S/C16H22O4S/c1-4-21(18,19)14-7-5-12(6-8-14)11(2)9-13-10-15(13)16(17)20-3/h5-8,11,13,15H,4,9-10H2,1-3H3. The second kappa shape index (κ2) is 6.18. The van der Waals surface area contributed by atoms with Crippen LogP contribution in [0.2, 0.25) is 0 Å². The van der Waals surface area contributed by atoms with Gasteiger partial charge < -0.3 is 4.74 Å². The molecule has 0 bridgehead atoms. The van der Waals surface area contributed by atoms with Crippen LogP contribution in [0.3, 0.4) is 0 Å². The van der Waals surface area contributed by atoms with E-state index in [1.807, 2.05) is 12.1 Å². The third-order valence-corrected chi connectivity index (χ3v) is 6.02. The fraction of sp³-hybridized carbons (Fsp3) is 0.562. The van der Waals surface area contributed by atoms with Crippen molar-refractivity contribution in [1.82, 2.24) is 0 Å². The predicted octanol–water partition coefficient (Wildman–Crippen LogP) is 2.78. The molecule has 1 aliphatic rings. The summed E-state index contributed by atoms with van der Waals surface area (Å²) in [7, 11) is -1.71. The molecule has 4 nitrogen and oxygen atoms in total. The van der Waals surface area contributed by atoms with Crippen LogP contribution < -0.4 is 0 Å². The largest absolute Gasteiger partial charge is 0.469 e. The van der Waals surface area contributed by atoms with Crippen LogP contribution in [-0.4, -0.2) is 27.2 Å². The monoisotopic (exact) mass is 310 g/mol. The maximum atomic E-state index is 11.8. The Morgan fingerprint density at radius 1 is 1.33 bits per heavy atom. The number of rotatable bonds is 6. The van der Waals surface area contributed by atoms with Gasteiger partial charge in [0.15, 0.2) is 9.84 Å². The third kappa shape index (κ3) is 3.64. The van der Waals surface area contributed by atoms with Gasteiger partial charge in [-0.3, -0.25) is 4.79 Å². The van der Waals surface area contributed by atoms with Gasteiger partial charge in [0.25, 0.3) is 0 Å². The van der Waals surface area contributed by atoms with Crippen molar-refractivity contribution < 1.29 is 17.9 Å². The molecule has 0 N–H and O–H groups in total. The lowest BCUT2D eigenvalue weighted by Gasteiger charge is -2.12. The van der Waals surface area contributed by atoms with Crippen molar-refractivity contribution in [2.24, 2.45) is 11.8 Å². The van der Waals surface area contributed by atoms with Crippen LogP contribution in [0, 0.1) is 11.8 Å². The first-order chi connectivity index (χ1) is 9.89. The summed E-state index contributed by atoms with van der Waals surface area (Å²) in [5, 5.41) is 0. The molecule has 0 aliphatic heterocycles. The van der Waals surface area contributed by atoms with Crippen LogP contribution in [0.1, 0.15) is 38.2 Å². The molecule has 0 radical (unpaired) electrons. The topological polar surface area (TPSA) is 60.4 Å². The predicted molar refractivity (Wildman–Crippen MR) is 80.8 cm³/mol. The summed E-state index contributed by atoms with van der Waals surface area (Å²) in [6, 6.07) is 7.11. The first-order valence-corrected chi connectivity index (χ1v) is 8.94. The lowest BCUT2D eigenvalue weighted by Crippen LogP contribution is -2.06. The Bertz CT molecular complexity index is 604. The summed E-state index contributed by atoms with van der Waals surface area (Å²) >= 11 is 0. The van der Waals surface area contributed by atoms with E-state index in [9.17, 15) is 13.2 Å². The first-order valence-electron chi connectivity index (χ1n) is 7.29. The average molecular weight is 310 g/mol. The number of hydrogen-bond donors (Lipinski definition) is 0. The summed E-state index contributed by atoms with van der Waals surface area (Å²) in [5.41, 5.74) is 1.11. The van der Waals surface area contributed by atoms with E-state index in [0.29, 0.717) is 16.7 Å². The molecule has 5 heteroatoms. The van der Waals surface area contributed by atoms with Gasteiger partial charge >= 0.3 is 5.97 Å². The summed E-state index contributed by atoms with van der Waals surface area (Å²) in [6.07, 6.45) is 1.83. The van der Waals surface area contributed by atoms with E-state index in [1.165, 1.54) is 7.11 Å². The van der Waals surface area contributed by atoms with Crippen molar-refractivity contribution >= 4 is 15.8 Å². The van der Waals surface area contributed by atoms with E-state index < -0.39 is 9.84 Å². The molecule has 3 atom stereocenters. The molecule has 1 aliphatic carbocycles. The number of esters is 1. The van der Waals surface area contributed by atoms with Crippen molar-refractivity contribution in [3.05, 3.63) is 29.8 Å². The van der Waals surface area contributed by atoms with Gasteiger partial charge in [-0.05, 0) is 42.4 Å². The average Bonchev–Trinajstić information content (AvgIpc) is 3.25. The van der Waals surface area contributed by atoms with E-state index >= 15 is 0 Å². The smallest absolute Gasteiger partial charge is 0.308 e. The Morgan fingerprint density at radius 3 is 2.48 bits per heavy atom. The molecule has 0 heterocycles. The van der Waals surface area contributed by atoms with Gasteiger partial charge in [0.1, 0.15) is 0 Å². The molecule has 0 aromatic heterocycles. The lowest BCUT2D eigenvalue weighted by atomic mass is 9.95.